The number of halogens is 1. The van der Waals surface area contributed by atoms with Crippen molar-refractivity contribution >= 4 is 27.5 Å². The summed E-state index contributed by atoms with van der Waals surface area (Å²) < 4.78 is 26.6. The Labute approximate surface area is 127 Å². The molecule has 2 rings (SSSR count). The second-order valence-electron chi connectivity index (χ2n) is 4.89. The van der Waals surface area contributed by atoms with E-state index in [2.05, 4.69) is 9.71 Å². The fourth-order valence-corrected chi connectivity index (χ4v) is 3.58. The smallest absolute Gasteiger partial charge is 0.266 e. The second kappa shape index (κ2) is 6.17. The van der Waals surface area contributed by atoms with Gasteiger partial charge in [0.15, 0.2) is 0 Å². The van der Waals surface area contributed by atoms with Gasteiger partial charge in [-0.15, -0.1) is 0 Å². The molecule has 0 bridgehead atoms. The Kier molecular flexibility index (Phi) is 4.70. The number of carbonyl (C=O) groups is 1. The van der Waals surface area contributed by atoms with E-state index in [1.165, 1.54) is 6.92 Å². The minimum Gasteiger partial charge on any atom is -0.341 e. The van der Waals surface area contributed by atoms with Gasteiger partial charge in [-0.25, -0.2) is 8.42 Å². The number of nitrogens with one attached hydrogen (secondary N) is 2. The van der Waals surface area contributed by atoms with Gasteiger partial charge in [-0.1, -0.05) is 11.6 Å². The molecule has 0 aromatic carbocycles. The summed E-state index contributed by atoms with van der Waals surface area (Å²) in [5.74, 6) is -0.258. The maximum atomic E-state index is 12.2. The zero-order chi connectivity index (χ0) is 15.6. The van der Waals surface area contributed by atoms with Crippen LogP contribution in [-0.2, 0) is 14.8 Å². The van der Waals surface area contributed by atoms with Crippen molar-refractivity contribution in [2.24, 2.45) is 0 Å². The van der Waals surface area contributed by atoms with Gasteiger partial charge in [-0.2, -0.15) is 4.72 Å². The summed E-state index contributed by atoms with van der Waals surface area (Å²) in [6, 6.07) is 0.175. The summed E-state index contributed by atoms with van der Waals surface area (Å²) in [5.41, 5.74) is -0.572. The predicted octanol–water partition coefficient (Wildman–Crippen LogP) is 0.317. The lowest BCUT2D eigenvalue weighted by Crippen LogP contribution is -2.45. The molecule has 0 radical (unpaired) electrons. The van der Waals surface area contributed by atoms with Gasteiger partial charge in [0.05, 0.1) is 10.9 Å². The van der Waals surface area contributed by atoms with Crippen LogP contribution in [0.5, 0.6) is 0 Å². The van der Waals surface area contributed by atoms with E-state index in [-0.39, 0.29) is 15.8 Å². The highest BCUT2D eigenvalue weighted by Gasteiger charge is 2.27. The Hall–Kier alpha value is -1.38. The van der Waals surface area contributed by atoms with E-state index in [0.717, 1.165) is 25.1 Å². The molecule has 1 aliphatic rings. The lowest BCUT2D eigenvalue weighted by molar-refractivity contribution is -0.131. The quantitative estimate of drug-likeness (QED) is 0.828. The Morgan fingerprint density at radius 1 is 1.43 bits per heavy atom. The van der Waals surface area contributed by atoms with Gasteiger partial charge in [0.2, 0.25) is 15.9 Å². The summed E-state index contributed by atoms with van der Waals surface area (Å²) >= 11 is 5.61. The second-order valence-corrected chi connectivity index (χ2v) is 7.01. The first-order chi connectivity index (χ1) is 9.81. The average molecular weight is 334 g/mol. The number of nitrogens with zero attached hydrogens (tertiary/aromatic N) is 1. The van der Waals surface area contributed by atoms with Gasteiger partial charge in [-0.3, -0.25) is 9.59 Å². The molecule has 1 aromatic heterocycles. The Morgan fingerprint density at radius 2 is 2.05 bits per heavy atom. The maximum Gasteiger partial charge on any atom is 0.266 e. The lowest BCUT2D eigenvalue weighted by Gasteiger charge is -2.21. The molecule has 0 aliphatic carbocycles. The standard InChI is InChI=1S/C12H16ClN3O4S/c1-8(12(18)16-4-2-3-5-16)15-21(19,20)9-6-10(13)11(17)14-7-9/h6-8,15H,2-5H2,1H3,(H,14,17). The van der Waals surface area contributed by atoms with Crippen LogP contribution in [0.4, 0.5) is 0 Å². The van der Waals surface area contributed by atoms with Gasteiger partial charge < -0.3 is 9.88 Å². The third-order valence-corrected chi connectivity index (χ3v) is 5.06. The van der Waals surface area contributed by atoms with Crippen LogP contribution in [0.3, 0.4) is 0 Å². The van der Waals surface area contributed by atoms with Crippen molar-refractivity contribution in [3.63, 3.8) is 0 Å². The van der Waals surface area contributed by atoms with Crippen LogP contribution in [-0.4, -0.2) is 43.3 Å². The van der Waals surface area contributed by atoms with Gasteiger partial charge in [0.25, 0.3) is 5.56 Å². The molecular formula is C12H16ClN3O4S. The highest BCUT2D eigenvalue weighted by atomic mass is 35.5. The molecule has 1 saturated heterocycles. The van der Waals surface area contributed by atoms with Crippen molar-refractivity contribution in [1.82, 2.24) is 14.6 Å². The van der Waals surface area contributed by atoms with Crippen LogP contribution in [0.2, 0.25) is 5.02 Å². The van der Waals surface area contributed by atoms with Crippen molar-refractivity contribution in [2.45, 2.75) is 30.7 Å². The Balaban J connectivity index is 2.14. The van der Waals surface area contributed by atoms with Crippen LogP contribution in [0.15, 0.2) is 22.0 Å². The fraction of sp³-hybridized carbons (Fsp3) is 0.500. The van der Waals surface area contributed by atoms with E-state index in [1.54, 1.807) is 4.90 Å². The molecule has 2 heterocycles. The largest absolute Gasteiger partial charge is 0.341 e. The molecule has 1 aliphatic heterocycles. The van der Waals surface area contributed by atoms with Crippen molar-refractivity contribution in [1.29, 1.82) is 0 Å². The number of hydrogen-bond donors (Lipinski definition) is 2. The predicted molar refractivity (Wildman–Crippen MR) is 77.7 cm³/mol. The normalized spacial score (nSPS) is 17.0. The molecule has 0 spiro atoms. The first-order valence-electron chi connectivity index (χ1n) is 6.50. The molecule has 1 aromatic rings. The summed E-state index contributed by atoms with van der Waals surface area (Å²) in [6.45, 7) is 2.79. The summed E-state index contributed by atoms with van der Waals surface area (Å²) in [4.78, 5) is 26.9. The molecule has 1 amide bonds. The fourth-order valence-electron chi connectivity index (χ4n) is 2.16. The van der Waals surface area contributed by atoms with E-state index in [0.29, 0.717) is 13.1 Å². The van der Waals surface area contributed by atoms with E-state index in [1.807, 2.05) is 0 Å². The van der Waals surface area contributed by atoms with Crippen molar-refractivity contribution in [3.8, 4) is 0 Å². The average Bonchev–Trinajstić information content (AvgIpc) is 2.94. The first kappa shape index (κ1) is 16.0. The monoisotopic (exact) mass is 333 g/mol. The number of amides is 1. The molecule has 1 atom stereocenters. The molecule has 1 unspecified atom stereocenters. The SMILES string of the molecule is CC(NS(=O)(=O)c1c[nH]c(=O)c(Cl)c1)C(=O)N1CCCC1. The zero-order valence-corrected chi connectivity index (χ0v) is 13.0. The van der Waals surface area contributed by atoms with E-state index >= 15 is 0 Å². The van der Waals surface area contributed by atoms with Crippen LogP contribution in [0, 0.1) is 0 Å². The van der Waals surface area contributed by atoms with Crippen molar-refractivity contribution in [3.05, 3.63) is 27.6 Å². The first-order valence-corrected chi connectivity index (χ1v) is 8.37. The van der Waals surface area contributed by atoms with E-state index in [4.69, 9.17) is 11.6 Å². The molecule has 2 N–H and O–H groups in total. The molecule has 116 valence electrons. The maximum absolute atomic E-state index is 12.2. The van der Waals surface area contributed by atoms with E-state index < -0.39 is 21.6 Å². The third kappa shape index (κ3) is 3.63. The number of rotatable bonds is 4. The van der Waals surface area contributed by atoms with Gasteiger partial charge in [-0.05, 0) is 25.8 Å². The minimum absolute atomic E-state index is 0.187. The topological polar surface area (TPSA) is 99.3 Å². The zero-order valence-electron chi connectivity index (χ0n) is 11.4. The van der Waals surface area contributed by atoms with Gasteiger partial charge in [0.1, 0.15) is 5.02 Å². The van der Waals surface area contributed by atoms with Crippen molar-refractivity contribution in [2.75, 3.05) is 13.1 Å². The van der Waals surface area contributed by atoms with Crippen LogP contribution >= 0.6 is 11.6 Å². The highest BCUT2D eigenvalue weighted by molar-refractivity contribution is 7.89. The minimum atomic E-state index is -3.93. The van der Waals surface area contributed by atoms with E-state index in [9.17, 15) is 18.0 Å². The molecule has 9 heteroatoms. The van der Waals surface area contributed by atoms with Gasteiger partial charge in [0, 0.05) is 19.3 Å². The number of aromatic nitrogens is 1. The van der Waals surface area contributed by atoms with Gasteiger partial charge >= 0.3 is 0 Å². The van der Waals surface area contributed by atoms with Crippen LogP contribution < -0.4 is 10.3 Å². The summed E-state index contributed by atoms with van der Waals surface area (Å²) in [5, 5.41) is -0.226. The number of likely N-dealkylation sites (tertiary alicyclic amines) is 1. The lowest BCUT2D eigenvalue weighted by atomic mass is 10.3. The molecule has 7 nitrogen and oxygen atoms in total. The van der Waals surface area contributed by atoms with Crippen LogP contribution in [0.25, 0.3) is 0 Å². The molecule has 21 heavy (non-hydrogen) atoms. The molecule has 1 fully saturated rings. The number of sulfonamides is 1. The number of hydrogen-bond acceptors (Lipinski definition) is 4. The Bertz CT molecular complexity index is 695. The number of aromatic amines is 1. The number of H-pyrrole nitrogens is 1. The number of carbonyl (C=O) groups excluding carboxylic acids is 1. The third-order valence-electron chi connectivity index (χ3n) is 3.26. The van der Waals surface area contributed by atoms with Crippen LogP contribution in [0.1, 0.15) is 19.8 Å². The Morgan fingerprint density at radius 3 is 2.62 bits per heavy atom. The molecular weight excluding hydrogens is 318 g/mol. The molecule has 0 saturated carbocycles. The van der Waals surface area contributed by atoms with Crippen molar-refractivity contribution < 1.29 is 13.2 Å². The summed E-state index contributed by atoms with van der Waals surface area (Å²) in [6.07, 6.45) is 2.91. The highest BCUT2D eigenvalue weighted by Crippen LogP contribution is 2.13. The summed E-state index contributed by atoms with van der Waals surface area (Å²) in [7, 11) is -3.93. The number of pyridine rings is 1.